The SMILES string of the molecule is CCCOc1ccc(C=C2Oc3c(ccc(O)c3O)C2=O)cc1. The molecule has 5 nitrogen and oxygen atoms in total. The van der Waals surface area contributed by atoms with Crippen molar-refractivity contribution in [2.45, 2.75) is 13.3 Å². The van der Waals surface area contributed by atoms with Crippen LogP contribution >= 0.6 is 0 Å². The van der Waals surface area contributed by atoms with Gasteiger partial charge in [-0.25, -0.2) is 0 Å². The maximum atomic E-state index is 12.3. The van der Waals surface area contributed by atoms with E-state index < -0.39 is 5.75 Å². The smallest absolute Gasteiger partial charge is 0.232 e. The van der Waals surface area contributed by atoms with Gasteiger partial charge >= 0.3 is 0 Å². The highest BCUT2D eigenvalue weighted by atomic mass is 16.5. The number of allylic oxidation sites excluding steroid dienone is 1. The molecule has 1 aliphatic rings. The molecule has 3 rings (SSSR count). The fourth-order valence-corrected chi connectivity index (χ4v) is 2.26. The van der Waals surface area contributed by atoms with Crippen molar-refractivity contribution in [1.29, 1.82) is 0 Å². The van der Waals surface area contributed by atoms with E-state index in [9.17, 15) is 15.0 Å². The Morgan fingerprint density at radius 2 is 1.87 bits per heavy atom. The zero-order chi connectivity index (χ0) is 16.4. The third kappa shape index (κ3) is 2.85. The molecule has 0 atom stereocenters. The molecule has 0 unspecified atom stereocenters. The van der Waals surface area contributed by atoms with E-state index in [1.54, 1.807) is 6.08 Å². The van der Waals surface area contributed by atoms with Crippen LogP contribution in [-0.2, 0) is 0 Å². The van der Waals surface area contributed by atoms with Gasteiger partial charge in [-0.1, -0.05) is 19.1 Å². The lowest BCUT2D eigenvalue weighted by molar-refractivity contribution is 0.101. The van der Waals surface area contributed by atoms with Crippen LogP contribution in [0.25, 0.3) is 6.08 Å². The third-order valence-corrected chi connectivity index (χ3v) is 3.44. The number of hydrogen-bond donors (Lipinski definition) is 2. The Hall–Kier alpha value is -2.95. The summed E-state index contributed by atoms with van der Waals surface area (Å²) in [5.74, 6) is -0.231. The summed E-state index contributed by atoms with van der Waals surface area (Å²) in [4.78, 5) is 12.3. The molecule has 0 fully saturated rings. The average Bonchev–Trinajstić information content (AvgIpc) is 2.87. The van der Waals surface area contributed by atoms with Crippen molar-refractivity contribution in [2.24, 2.45) is 0 Å². The Bertz CT molecular complexity index is 775. The van der Waals surface area contributed by atoms with Crippen LogP contribution in [0, 0.1) is 0 Å². The van der Waals surface area contributed by atoms with Crippen molar-refractivity contribution in [2.75, 3.05) is 6.61 Å². The minimum absolute atomic E-state index is 0.0100. The summed E-state index contributed by atoms with van der Waals surface area (Å²) in [5, 5.41) is 19.2. The average molecular weight is 312 g/mol. The first-order chi connectivity index (χ1) is 11.1. The van der Waals surface area contributed by atoms with Crippen LogP contribution < -0.4 is 9.47 Å². The second-order valence-corrected chi connectivity index (χ2v) is 5.17. The maximum Gasteiger partial charge on any atom is 0.232 e. The van der Waals surface area contributed by atoms with Gasteiger partial charge in [0.1, 0.15) is 5.75 Å². The highest BCUT2D eigenvalue weighted by Gasteiger charge is 2.31. The lowest BCUT2D eigenvalue weighted by Gasteiger charge is -2.04. The Kier molecular flexibility index (Phi) is 3.93. The number of rotatable bonds is 4. The number of ether oxygens (including phenoxy) is 2. The van der Waals surface area contributed by atoms with Gasteiger partial charge in [-0.15, -0.1) is 0 Å². The van der Waals surface area contributed by atoms with E-state index in [0.717, 1.165) is 17.7 Å². The fourth-order valence-electron chi connectivity index (χ4n) is 2.26. The van der Waals surface area contributed by atoms with Gasteiger partial charge in [-0.05, 0) is 42.3 Å². The number of hydrogen-bond acceptors (Lipinski definition) is 5. The van der Waals surface area contributed by atoms with Crippen molar-refractivity contribution in [3.63, 3.8) is 0 Å². The lowest BCUT2D eigenvalue weighted by atomic mass is 10.1. The van der Waals surface area contributed by atoms with Crippen LogP contribution in [0.2, 0.25) is 0 Å². The highest BCUT2D eigenvalue weighted by Crippen LogP contribution is 2.44. The molecule has 2 N–H and O–H groups in total. The molecule has 1 aliphatic heterocycles. The van der Waals surface area contributed by atoms with E-state index in [4.69, 9.17) is 9.47 Å². The number of ketones is 1. The quantitative estimate of drug-likeness (QED) is 0.667. The zero-order valence-corrected chi connectivity index (χ0v) is 12.6. The third-order valence-electron chi connectivity index (χ3n) is 3.44. The molecule has 23 heavy (non-hydrogen) atoms. The largest absolute Gasteiger partial charge is 0.504 e. The summed E-state index contributed by atoms with van der Waals surface area (Å²) in [6, 6.07) is 9.95. The number of Topliss-reactive ketones (excluding diaryl/α,β-unsaturated/α-hetero) is 1. The molecule has 0 saturated heterocycles. The number of aromatic hydroxyl groups is 2. The minimum Gasteiger partial charge on any atom is -0.504 e. The number of phenols is 2. The highest BCUT2D eigenvalue weighted by molar-refractivity contribution is 6.15. The van der Waals surface area contributed by atoms with Crippen LogP contribution in [0.3, 0.4) is 0 Å². The van der Waals surface area contributed by atoms with Gasteiger partial charge in [0.05, 0.1) is 12.2 Å². The Labute approximate surface area is 133 Å². The molecular formula is C18H16O5. The predicted octanol–water partition coefficient (Wildman–Crippen LogP) is 3.50. The molecule has 0 radical (unpaired) electrons. The van der Waals surface area contributed by atoms with Gasteiger partial charge in [0.2, 0.25) is 11.5 Å². The normalized spacial score (nSPS) is 14.7. The molecule has 0 amide bonds. The summed E-state index contributed by atoms with van der Waals surface area (Å²) in [6.07, 6.45) is 2.52. The number of phenolic OH excluding ortho intramolecular Hbond substituents is 2. The van der Waals surface area contributed by atoms with Gasteiger partial charge in [0.25, 0.3) is 0 Å². The van der Waals surface area contributed by atoms with Crippen molar-refractivity contribution in [3.05, 3.63) is 53.3 Å². The molecule has 5 heteroatoms. The van der Waals surface area contributed by atoms with Crippen LogP contribution in [-0.4, -0.2) is 22.6 Å². The molecule has 0 aliphatic carbocycles. The zero-order valence-electron chi connectivity index (χ0n) is 12.6. The van der Waals surface area contributed by atoms with E-state index in [2.05, 4.69) is 0 Å². The first kappa shape index (κ1) is 15.0. The second kappa shape index (κ2) is 6.04. The van der Waals surface area contributed by atoms with Gasteiger partial charge < -0.3 is 19.7 Å². The molecule has 0 spiro atoms. The molecule has 0 aromatic heterocycles. The summed E-state index contributed by atoms with van der Waals surface area (Å²) >= 11 is 0. The molecular weight excluding hydrogens is 296 g/mol. The summed E-state index contributed by atoms with van der Waals surface area (Å²) < 4.78 is 10.9. The van der Waals surface area contributed by atoms with E-state index in [-0.39, 0.29) is 28.6 Å². The van der Waals surface area contributed by atoms with Crippen LogP contribution in [0.1, 0.15) is 29.3 Å². The summed E-state index contributed by atoms with van der Waals surface area (Å²) in [6.45, 7) is 2.69. The molecule has 0 bridgehead atoms. The monoisotopic (exact) mass is 312 g/mol. The standard InChI is InChI=1S/C18H16O5/c1-2-9-22-12-5-3-11(4-6-12)10-15-16(20)13-7-8-14(19)17(21)18(13)23-15/h3-8,10,19,21H,2,9H2,1H3. The Morgan fingerprint density at radius 1 is 1.13 bits per heavy atom. The van der Waals surface area contributed by atoms with Gasteiger partial charge in [-0.2, -0.15) is 0 Å². The van der Waals surface area contributed by atoms with E-state index >= 15 is 0 Å². The van der Waals surface area contributed by atoms with Crippen molar-refractivity contribution in [3.8, 4) is 23.0 Å². The topological polar surface area (TPSA) is 76.0 Å². The first-order valence-corrected chi connectivity index (χ1v) is 7.32. The van der Waals surface area contributed by atoms with Gasteiger partial charge in [0.15, 0.2) is 17.3 Å². The molecule has 118 valence electrons. The molecule has 0 saturated carbocycles. The molecule has 2 aromatic carbocycles. The first-order valence-electron chi connectivity index (χ1n) is 7.32. The van der Waals surface area contributed by atoms with Crippen LogP contribution in [0.5, 0.6) is 23.0 Å². The van der Waals surface area contributed by atoms with Gasteiger partial charge in [0, 0.05) is 0 Å². The maximum absolute atomic E-state index is 12.3. The summed E-state index contributed by atoms with van der Waals surface area (Å²) in [7, 11) is 0. The number of benzene rings is 2. The predicted molar refractivity (Wildman–Crippen MR) is 84.9 cm³/mol. The fraction of sp³-hybridized carbons (Fsp3) is 0.167. The van der Waals surface area contributed by atoms with Crippen LogP contribution in [0.4, 0.5) is 0 Å². The Balaban J connectivity index is 1.84. The van der Waals surface area contributed by atoms with E-state index in [0.29, 0.717) is 6.61 Å². The Morgan fingerprint density at radius 3 is 2.57 bits per heavy atom. The van der Waals surface area contributed by atoms with E-state index in [1.807, 2.05) is 31.2 Å². The molecule has 2 aromatic rings. The lowest BCUT2D eigenvalue weighted by Crippen LogP contribution is -1.98. The van der Waals surface area contributed by atoms with Crippen LogP contribution in [0.15, 0.2) is 42.2 Å². The minimum atomic E-state index is -0.428. The van der Waals surface area contributed by atoms with Crippen molar-refractivity contribution in [1.82, 2.24) is 0 Å². The molecule has 1 heterocycles. The number of carbonyl (C=O) groups is 1. The van der Waals surface area contributed by atoms with Gasteiger partial charge in [-0.3, -0.25) is 4.79 Å². The summed E-state index contributed by atoms with van der Waals surface area (Å²) in [5.41, 5.74) is 1.00. The number of carbonyl (C=O) groups excluding carboxylic acids is 1. The van der Waals surface area contributed by atoms with Crippen molar-refractivity contribution < 1.29 is 24.5 Å². The van der Waals surface area contributed by atoms with Crippen molar-refractivity contribution >= 4 is 11.9 Å². The van der Waals surface area contributed by atoms with E-state index in [1.165, 1.54) is 12.1 Å². The number of fused-ring (bicyclic) bond motifs is 1. The second-order valence-electron chi connectivity index (χ2n) is 5.17.